The molecular formula is C29H42N10O5. The Morgan fingerprint density at radius 2 is 1.61 bits per heavy atom. The molecule has 0 bridgehead atoms. The molecule has 0 aliphatic carbocycles. The van der Waals surface area contributed by atoms with Gasteiger partial charge in [0, 0.05) is 48.4 Å². The Bertz CT molecular complexity index is 1430. The topological polar surface area (TPSA) is 259 Å². The molecule has 0 radical (unpaired) electrons. The van der Waals surface area contributed by atoms with Crippen LogP contribution >= 0.6 is 0 Å². The number of hydrogen-bond acceptors (Lipinski definition) is 7. The Hall–Kier alpha value is -4.92. The Morgan fingerprint density at radius 1 is 0.955 bits per heavy atom. The highest BCUT2D eigenvalue weighted by Crippen LogP contribution is 2.19. The number of carbonyl (C=O) groups excluding carboxylic acids is 3. The Morgan fingerprint density at radius 3 is 2.25 bits per heavy atom. The second-order valence-electron chi connectivity index (χ2n) is 11.1. The van der Waals surface area contributed by atoms with E-state index in [1.54, 1.807) is 6.20 Å². The SMILES string of the molecule is CC(C)CC(N)C(=O)NC(Cc1c[nH]c2ccccc12)C(=O)NC(Cc1cnc[nH]1)C(=O)NC(CCCN=C(N)N)C(=O)O. The minimum Gasteiger partial charge on any atom is -0.480 e. The van der Waals surface area contributed by atoms with Gasteiger partial charge in [-0.3, -0.25) is 19.4 Å². The van der Waals surface area contributed by atoms with E-state index in [9.17, 15) is 24.3 Å². The number of carbonyl (C=O) groups is 4. The van der Waals surface area contributed by atoms with Gasteiger partial charge in [0.15, 0.2) is 5.96 Å². The number of carboxylic acids is 1. The van der Waals surface area contributed by atoms with Gasteiger partial charge in [0.1, 0.15) is 18.1 Å². The van der Waals surface area contributed by atoms with Crippen molar-refractivity contribution in [1.29, 1.82) is 0 Å². The van der Waals surface area contributed by atoms with Crippen LogP contribution in [-0.4, -0.2) is 80.4 Å². The van der Waals surface area contributed by atoms with Crippen LogP contribution in [0.1, 0.15) is 44.4 Å². The lowest BCUT2D eigenvalue weighted by atomic mass is 10.0. The van der Waals surface area contributed by atoms with E-state index >= 15 is 0 Å². The van der Waals surface area contributed by atoms with Crippen molar-refractivity contribution in [2.45, 2.75) is 70.1 Å². The Balaban J connectivity index is 1.83. The molecule has 4 atom stereocenters. The summed E-state index contributed by atoms with van der Waals surface area (Å²) in [5.41, 5.74) is 18.9. The largest absolute Gasteiger partial charge is 0.480 e. The number of nitrogens with two attached hydrogens (primary N) is 3. The number of aliphatic carboxylic acids is 1. The number of aromatic amines is 2. The number of aromatic nitrogens is 3. The van der Waals surface area contributed by atoms with Crippen LogP contribution in [0.15, 0.2) is 48.0 Å². The number of carboxylic acid groups (broad SMARTS) is 1. The van der Waals surface area contributed by atoms with Gasteiger partial charge in [-0.25, -0.2) is 9.78 Å². The van der Waals surface area contributed by atoms with E-state index in [1.807, 2.05) is 38.1 Å². The third-order valence-electron chi connectivity index (χ3n) is 6.97. The zero-order chi connectivity index (χ0) is 32.2. The van der Waals surface area contributed by atoms with E-state index in [0.717, 1.165) is 16.5 Å². The van der Waals surface area contributed by atoms with Crippen LogP contribution < -0.4 is 33.2 Å². The first-order valence-electron chi connectivity index (χ1n) is 14.4. The van der Waals surface area contributed by atoms with E-state index < -0.39 is 47.9 Å². The van der Waals surface area contributed by atoms with Crippen molar-refractivity contribution >= 4 is 40.6 Å². The molecule has 12 N–H and O–H groups in total. The predicted molar refractivity (Wildman–Crippen MR) is 165 cm³/mol. The molecule has 0 saturated heterocycles. The zero-order valence-corrected chi connectivity index (χ0v) is 24.9. The molecule has 0 spiro atoms. The van der Waals surface area contributed by atoms with Crippen LogP contribution in [0.25, 0.3) is 10.9 Å². The molecule has 4 unspecified atom stereocenters. The molecule has 3 amide bonds. The van der Waals surface area contributed by atoms with Crippen LogP contribution in [0.4, 0.5) is 0 Å². The highest BCUT2D eigenvalue weighted by atomic mass is 16.4. The first-order chi connectivity index (χ1) is 20.9. The molecule has 3 rings (SSSR count). The molecule has 0 aliphatic heterocycles. The van der Waals surface area contributed by atoms with Crippen molar-refractivity contribution in [3.05, 3.63) is 54.2 Å². The number of nitrogens with one attached hydrogen (secondary N) is 5. The second-order valence-corrected chi connectivity index (χ2v) is 11.1. The lowest BCUT2D eigenvalue weighted by molar-refractivity contribution is -0.142. The molecule has 15 heteroatoms. The van der Waals surface area contributed by atoms with Gasteiger partial charge >= 0.3 is 5.97 Å². The standard InChI is InChI=1S/C29H42N10O5/c1-16(2)10-20(30)25(40)38-23(11-17-13-35-21-7-4-3-6-19(17)21)26(41)39-24(12-18-14-33-15-36-18)27(42)37-22(28(43)44)8-5-9-34-29(31)32/h3-4,6-7,13-16,20,22-24,35H,5,8-12,30H2,1-2H3,(H,33,36)(H,37,42)(H,38,40)(H,39,41)(H,43,44)(H4,31,32,34). The summed E-state index contributed by atoms with van der Waals surface area (Å²) in [6.45, 7) is 4.06. The van der Waals surface area contributed by atoms with Crippen molar-refractivity contribution in [1.82, 2.24) is 30.9 Å². The summed E-state index contributed by atoms with van der Waals surface area (Å²) < 4.78 is 0. The molecule has 1 aromatic carbocycles. The maximum atomic E-state index is 13.8. The van der Waals surface area contributed by atoms with E-state index in [0.29, 0.717) is 18.5 Å². The number of benzene rings is 1. The number of hydrogen-bond donors (Lipinski definition) is 9. The minimum absolute atomic E-state index is 0.0153. The van der Waals surface area contributed by atoms with Crippen molar-refractivity contribution in [2.24, 2.45) is 28.1 Å². The van der Waals surface area contributed by atoms with Crippen molar-refractivity contribution in [3.8, 4) is 0 Å². The van der Waals surface area contributed by atoms with E-state index in [1.165, 1.54) is 12.5 Å². The van der Waals surface area contributed by atoms with E-state index in [2.05, 4.69) is 35.9 Å². The Labute approximate surface area is 254 Å². The average molecular weight is 611 g/mol. The monoisotopic (exact) mass is 610 g/mol. The number of rotatable bonds is 17. The molecule has 238 valence electrons. The summed E-state index contributed by atoms with van der Waals surface area (Å²) in [6, 6.07) is 3.15. The molecule has 2 aromatic heterocycles. The molecule has 3 aromatic rings. The van der Waals surface area contributed by atoms with E-state index in [-0.39, 0.29) is 37.7 Å². The van der Waals surface area contributed by atoms with Crippen LogP contribution in [0.3, 0.4) is 0 Å². The van der Waals surface area contributed by atoms with Gasteiger partial charge in [-0.05, 0) is 36.8 Å². The number of imidazole rings is 1. The summed E-state index contributed by atoms with van der Waals surface area (Å²) in [5, 5.41) is 18.6. The van der Waals surface area contributed by atoms with Crippen LogP contribution in [0, 0.1) is 5.92 Å². The summed E-state index contributed by atoms with van der Waals surface area (Å²) in [5.74, 6) is -3.09. The normalized spacial score (nSPS) is 13.9. The van der Waals surface area contributed by atoms with Gasteiger partial charge in [0.05, 0.1) is 12.4 Å². The highest BCUT2D eigenvalue weighted by Gasteiger charge is 2.31. The summed E-state index contributed by atoms with van der Waals surface area (Å²) >= 11 is 0. The van der Waals surface area contributed by atoms with Crippen LogP contribution in [0.5, 0.6) is 0 Å². The molecule has 0 fully saturated rings. The van der Waals surface area contributed by atoms with Gasteiger partial charge in [0.2, 0.25) is 17.7 Å². The third-order valence-corrected chi connectivity index (χ3v) is 6.97. The lowest BCUT2D eigenvalue weighted by Crippen LogP contribution is -2.58. The summed E-state index contributed by atoms with van der Waals surface area (Å²) in [7, 11) is 0. The number of aliphatic imine (C=N–C) groups is 1. The molecular weight excluding hydrogens is 568 g/mol. The van der Waals surface area contributed by atoms with Gasteiger partial charge in [-0.1, -0.05) is 32.0 Å². The lowest BCUT2D eigenvalue weighted by Gasteiger charge is -2.25. The first-order valence-corrected chi connectivity index (χ1v) is 14.4. The van der Waals surface area contributed by atoms with E-state index in [4.69, 9.17) is 17.2 Å². The van der Waals surface area contributed by atoms with Crippen molar-refractivity contribution < 1.29 is 24.3 Å². The number of nitrogens with zero attached hydrogens (tertiary/aromatic N) is 2. The number of amides is 3. The van der Waals surface area contributed by atoms with Crippen LogP contribution in [0.2, 0.25) is 0 Å². The fourth-order valence-electron chi connectivity index (χ4n) is 4.75. The fourth-order valence-corrected chi connectivity index (χ4v) is 4.75. The Kier molecular flexibility index (Phi) is 12.3. The molecule has 44 heavy (non-hydrogen) atoms. The fraction of sp³-hybridized carbons (Fsp3) is 0.448. The quantitative estimate of drug-likeness (QED) is 0.0548. The van der Waals surface area contributed by atoms with Gasteiger partial charge < -0.3 is 48.2 Å². The van der Waals surface area contributed by atoms with Gasteiger partial charge in [0.25, 0.3) is 0 Å². The number of para-hydroxylation sites is 1. The second kappa shape index (κ2) is 16.1. The zero-order valence-electron chi connectivity index (χ0n) is 24.9. The number of fused-ring (bicyclic) bond motifs is 1. The highest BCUT2D eigenvalue weighted by molar-refractivity contribution is 5.95. The van der Waals surface area contributed by atoms with Crippen LogP contribution in [-0.2, 0) is 32.0 Å². The van der Waals surface area contributed by atoms with Crippen molar-refractivity contribution in [2.75, 3.05) is 6.54 Å². The maximum absolute atomic E-state index is 13.8. The average Bonchev–Trinajstić information content (AvgIpc) is 3.63. The third kappa shape index (κ3) is 10.1. The van der Waals surface area contributed by atoms with Gasteiger partial charge in [-0.2, -0.15) is 0 Å². The molecule has 2 heterocycles. The molecule has 15 nitrogen and oxygen atoms in total. The minimum atomic E-state index is -1.26. The summed E-state index contributed by atoms with van der Waals surface area (Å²) in [4.78, 5) is 66.0. The number of H-pyrrole nitrogens is 2. The summed E-state index contributed by atoms with van der Waals surface area (Å²) in [6.07, 6.45) is 5.53. The molecule has 0 saturated carbocycles. The smallest absolute Gasteiger partial charge is 0.326 e. The maximum Gasteiger partial charge on any atom is 0.326 e. The predicted octanol–water partition coefficient (Wildman–Crippen LogP) is -0.358. The van der Waals surface area contributed by atoms with Gasteiger partial charge in [-0.15, -0.1) is 0 Å². The first kappa shape index (κ1) is 33.6. The molecule has 0 aliphatic rings. The number of guanidine groups is 1. The van der Waals surface area contributed by atoms with Crippen molar-refractivity contribution in [3.63, 3.8) is 0 Å².